The number of para-hydroxylation sites is 1. The molecular weight excluding hydrogens is 453 g/mol. The van der Waals surface area contributed by atoms with Gasteiger partial charge in [0.1, 0.15) is 0 Å². The molecule has 33 heavy (non-hydrogen) atoms. The summed E-state index contributed by atoms with van der Waals surface area (Å²) in [5.74, 6) is -0.143. The summed E-state index contributed by atoms with van der Waals surface area (Å²) in [5, 5.41) is 6.42. The summed E-state index contributed by atoms with van der Waals surface area (Å²) in [6, 6.07) is 19.9. The highest BCUT2D eigenvalue weighted by Gasteiger charge is 2.13. The third-order valence-corrected chi connectivity index (χ3v) is 6.58. The van der Waals surface area contributed by atoms with E-state index in [1.54, 1.807) is 6.21 Å². The van der Waals surface area contributed by atoms with Crippen molar-refractivity contribution in [2.24, 2.45) is 5.10 Å². The van der Waals surface area contributed by atoms with Gasteiger partial charge in [0.15, 0.2) is 0 Å². The maximum atomic E-state index is 12.4. The fraction of sp³-hybridized carbons (Fsp3) is 0.185. The Morgan fingerprint density at radius 1 is 1.00 bits per heavy atom. The zero-order chi connectivity index (χ0) is 23.5. The maximum Gasteiger partial charge on any atom is 0.244 e. The topological polar surface area (TPSA) is 46.4 Å². The second-order valence-corrected chi connectivity index (χ2v) is 9.07. The Bertz CT molecular complexity index is 1370. The van der Waals surface area contributed by atoms with Crippen LogP contribution in [0.25, 0.3) is 10.9 Å². The zero-order valence-corrected chi connectivity index (χ0v) is 20.3. The molecule has 4 rings (SSSR count). The molecular formula is C27H25Cl2N3O. The number of rotatable bonds is 6. The van der Waals surface area contributed by atoms with Crippen LogP contribution in [0.1, 0.15) is 33.5 Å². The van der Waals surface area contributed by atoms with Crippen LogP contribution in [-0.4, -0.2) is 16.7 Å². The first-order valence-corrected chi connectivity index (χ1v) is 11.5. The molecule has 0 aliphatic heterocycles. The Balaban J connectivity index is 1.56. The number of hydrazone groups is 1. The van der Waals surface area contributed by atoms with Gasteiger partial charge in [0, 0.05) is 28.7 Å². The second kappa shape index (κ2) is 9.82. The van der Waals surface area contributed by atoms with Gasteiger partial charge in [-0.1, -0.05) is 71.2 Å². The summed E-state index contributed by atoms with van der Waals surface area (Å²) in [6.07, 6.45) is 2.02. The lowest BCUT2D eigenvalue weighted by Crippen LogP contribution is -2.20. The van der Waals surface area contributed by atoms with Crippen molar-refractivity contribution in [3.8, 4) is 0 Å². The van der Waals surface area contributed by atoms with Gasteiger partial charge in [-0.15, -0.1) is 0 Å². The van der Waals surface area contributed by atoms with E-state index >= 15 is 0 Å². The van der Waals surface area contributed by atoms with E-state index in [0.717, 1.165) is 38.9 Å². The van der Waals surface area contributed by atoms with Gasteiger partial charge in [0.25, 0.3) is 0 Å². The van der Waals surface area contributed by atoms with E-state index in [9.17, 15) is 4.79 Å². The molecule has 4 aromatic rings. The summed E-state index contributed by atoms with van der Waals surface area (Å²) >= 11 is 12.3. The quantitative estimate of drug-likeness (QED) is 0.246. The molecule has 0 fully saturated rings. The Morgan fingerprint density at radius 2 is 1.79 bits per heavy atom. The lowest BCUT2D eigenvalue weighted by Gasteiger charge is -2.09. The molecule has 1 amide bonds. The van der Waals surface area contributed by atoms with Crippen molar-refractivity contribution in [3.05, 3.63) is 104 Å². The van der Waals surface area contributed by atoms with Gasteiger partial charge < -0.3 is 4.57 Å². The van der Waals surface area contributed by atoms with E-state index < -0.39 is 0 Å². The van der Waals surface area contributed by atoms with Crippen LogP contribution in [0.3, 0.4) is 0 Å². The van der Waals surface area contributed by atoms with Crippen LogP contribution in [0.15, 0.2) is 65.8 Å². The first-order chi connectivity index (χ1) is 15.8. The highest BCUT2D eigenvalue weighted by Crippen LogP contribution is 2.28. The summed E-state index contributed by atoms with van der Waals surface area (Å²) in [6.45, 7) is 6.76. The smallest absolute Gasteiger partial charge is 0.244 e. The van der Waals surface area contributed by atoms with Crippen molar-refractivity contribution in [3.63, 3.8) is 0 Å². The summed E-state index contributed by atoms with van der Waals surface area (Å²) in [7, 11) is 0. The zero-order valence-electron chi connectivity index (χ0n) is 18.8. The number of aromatic nitrogens is 1. The average molecular weight is 478 g/mol. The molecule has 168 valence electrons. The minimum atomic E-state index is -0.143. The van der Waals surface area contributed by atoms with Crippen LogP contribution in [0.2, 0.25) is 10.0 Å². The minimum absolute atomic E-state index is 0.143. The van der Waals surface area contributed by atoms with Crippen LogP contribution in [0, 0.1) is 20.8 Å². The molecule has 0 aliphatic rings. The average Bonchev–Trinajstić information content (AvgIpc) is 3.04. The maximum absolute atomic E-state index is 12.4. The number of amides is 1. The third kappa shape index (κ3) is 5.13. The van der Waals surface area contributed by atoms with E-state index in [1.165, 1.54) is 5.56 Å². The molecule has 1 heterocycles. The summed E-state index contributed by atoms with van der Waals surface area (Å²) in [5.41, 5.74) is 10.1. The molecule has 0 saturated heterocycles. The first kappa shape index (κ1) is 23.1. The van der Waals surface area contributed by atoms with E-state index in [4.69, 9.17) is 23.2 Å². The number of nitrogens with one attached hydrogen (secondary N) is 1. The minimum Gasteiger partial charge on any atom is -0.340 e. The second-order valence-electron chi connectivity index (χ2n) is 8.25. The van der Waals surface area contributed by atoms with Crippen molar-refractivity contribution < 1.29 is 4.79 Å². The summed E-state index contributed by atoms with van der Waals surface area (Å²) in [4.78, 5) is 12.4. The Kier molecular flexibility index (Phi) is 6.87. The fourth-order valence-corrected chi connectivity index (χ4v) is 4.39. The molecule has 3 aromatic carbocycles. The standard InChI is InChI=1S/C27H25Cl2N3O/c1-17-8-10-21(18(2)12-17)14-27(33)31-30-15-23-19(3)32(26-7-5-4-6-22(23)26)16-20-9-11-24(28)25(29)13-20/h4-13,15H,14,16H2,1-3H3,(H,31,33)/b30-15+. The molecule has 1 aromatic heterocycles. The van der Waals surface area contributed by atoms with E-state index in [2.05, 4.69) is 40.2 Å². The number of carbonyl (C=O) groups excluding carboxylic acids is 1. The third-order valence-electron chi connectivity index (χ3n) is 5.84. The molecule has 0 bridgehead atoms. The molecule has 0 radical (unpaired) electrons. The van der Waals surface area contributed by atoms with Crippen molar-refractivity contribution in [1.82, 2.24) is 9.99 Å². The van der Waals surface area contributed by atoms with Crippen LogP contribution >= 0.6 is 23.2 Å². The molecule has 4 nitrogen and oxygen atoms in total. The van der Waals surface area contributed by atoms with Crippen LogP contribution in [0.5, 0.6) is 0 Å². The number of aryl methyl sites for hydroxylation is 2. The Labute approximate surface area is 203 Å². The highest BCUT2D eigenvalue weighted by molar-refractivity contribution is 6.42. The van der Waals surface area contributed by atoms with Crippen molar-refractivity contribution in [2.45, 2.75) is 33.7 Å². The molecule has 6 heteroatoms. The predicted octanol–water partition coefficient (Wildman–Crippen LogP) is 6.61. The number of halogens is 2. The van der Waals surface area contributed by atoms with Crippen LogP contribution in [-0.2, 0) is 17.8 Å². The number of benzene rings is 3. The van der Waals surface area contributed by atoms with Gasteiger partial charge in [0.05, 0.1) is 22.7 Å². The first-order valence-electron chi connectivity index (χ1n) is 10.7. The Morgan fingerprint density at radius 3 is 2.55 bits per heavy atom. The molecule has 0 spiro atoms. The van der Waals surface area contributed by atoms with E-state index in [1.807, 2.05) is 56.3 Å². The molecule has 1 N–H and O–H groups in total. The van der Waals surface area contributed by atoms with E-state index in [0.29, 0.717) is 23.0 Å². The van der Waals surface area contributed by atoms with Gasteiger partial charge in [0.2, 0.25) is 5.91 Å². The van der Waals surface area contributed by atoms with Crippen molar-refractivity contribution in [1.29, 1.82) is 0 Å². The van der Waals surface area contributed by atoms with Gasteiger partial charge >= 0.3 is 0 Å². The van der Waals surface area contributed by atoms with E-state index in [-0.39, 0.29) is 5.91 Å². The van der Waals surface area contributed by atoms with Crippen molar-refractivity contribution >= 4 is 46.2 Å². The van der Waals surface area contributed by atoms with Crippen molar-refractivity contribution in [2.75, 3.05) is 0 Å². The lowest BCUT2D eigenvalue weighted by molar-refractivity contribution is -0.120. The predicted molar refractivity (Wildman–Crippen MR) is 138 cm³/mol. The van der Waals surface area contributed by atoms with Crippen LogP contribution in [0.4, 0.5) is 0 Å². The summed E-state index contributed by atoms with van der Waals surface area (Å²) < 4.78 is 2.22. The Hall–Kier alpha value is -3.08. The largest absolute Gasteiger partial charge is 0.340 e. The number of nitrogens with zero attached hydrogens (tertiary/aromatic N) is 2. The molecule has 0 saturated carbocycles. The highest BCUT2D eigenvalue weighted by atomic mass is 35.5. The molecule has 0 unspecified atom stereocenters. The number of hydrogen-bond acceptors (Lipinski definition) is 2. The number of hydrogen-bond donors (Lipinski definition) is 1. The SMILES string of the molecule is Cc1ccc(CC(=O)N/N=C/c2c(C)n(Cc3ccc(Cl)c(Cl)c3)c3ccccc23)c(C)c1. The van der Waals surface area contributed by atoms with Gasteiger partial charge in [-0.2, -0.15) is 5.10 Å². The normalized spacial score (nSPS) is 11.4. The van der Waals surface area contributed by atoms with Gasteiger partial charge in [-0.3, -0.25) is 4.79 Å². The van der Waals surface area contributed by atoms with Gasteiger partial charge in [-0.25, -0.2) is 5.43 Å². The number of fused-ring (bicyclic) bond motifs is 1. The monoisotopic (exact) mass is 477 g/mol. The molecule has 0 aliphatic carbocycles. The van der Waals surface area contributed by atoms with Gasteiger partial charge in [-0.05, 0) is 55.7 Å². The molecule has 0 atom stereocenters. The lowest BCUT2D eigenvalue weighted by atomic mass is 10.0. The van der Waals surface area contributed by atoms with Crippen LogP contribution < -0.4 is 5.43 Å². The number of carbonyl (C=O) groups is 1. The fourth-order valence-electron chi connectivity index (χ4n) is 4.07.